The summed E-state index contributed by atoms with van der Waals surface area (Å²) in [6, 6.07) is 5.22. The van der Waals surface area contributed by atoms with Crippen molar-refractivity contribution in [3.05, 3.63) is 29.7 Å². The summed E-state index contributed by atoms with van der Waals surface area (Å²) in [4.78, 5) is 8.12. The van der Waals surface area contributed by atoms with Crippen molar-refractivity contribution in [2.45, 2.75) is 25.9 Å². The second-order valence-electron chi connectivity index (χ2n) is 3.81. The highest BCUT2D eigenvalue weighted by molar-refractivity contribution is 5.47. The van der Waals surface area contributed by atoms with Crippen LogP contribution in [0.5, 0.6) is 0 Å². The Kier molecular flexibility index (Phi) is 3.65. The summed E-state index contributed by atoms with van der Waals surface area (Å²) >= 11 is 0. The van der Waals surface area contributed by atoms with Crippen LogP contribution in [0.1, 0.15) is 37.3 Å². The number of aliphatic hydroxyl groups excluding tert-OH is 1. The van der Waals surface area contributed by atoms with Gasteiger partial charge in [0.05, 0.1) is 5.56 Å². The van der Waals surface area contributed by atoms with Crippen molar-refractivity contribution >= 4 is 0 Å². The maximum atomic E-state index is 9.71. The van der Waals surface area contributed by atoms with Gasteiger partial charge in [-0.05, 0) is 18.6 Å². The van der Waals surface area contributed by atoms with Crippen LogP contribution in [0.15, 0.2) is 22.9 Å². The van der Waals surface area contributed by atoms with E-state index in [1.54, 1.807) is 12.1 Å². The second-order valence-corrected chi connectivity index (χ2v) is 3.81. The van der Waals surface area contributed by atoms with Gasteiger partial charge in [0.2, 0.25) is 5.82 Å². The third-order valence-electron chi connectivity index (χ3n) is 2.41. The molecule has 0 fully saturated rings. The Morgan fingerprint density at radius 1 is 1.50 bits per heavy atom. The molecular weight excluding hydrogens is 232 g/mol. The number of pyridine rings is 1. The lowest BCUT2D eigenvalue weighted by Gasteiger charge is -2.01. The molecule has 1 N–H and O–H groups in total. The van der Waals surface area contributed by atoms with Gasteiger partial charge in [-0.1, -0.05) is 18.5 Å². The molecule has 2 aromatic heterocycles. The van der Waals surface area contributed by atoms with Crippen LogP contribution in [-0.4, -0.2) is 20.2 Å². The second kappa shape index (κ2) is 5.38. The Morgan fingerprint density at radius 3 is 2.94 bits per heavy atom. The molecule has 2 heterocycles. The molecule has 0 saturated carbocycles. The van der Waals surface area contributed by atoms with Crippen LogP contribution in [0.4, 0.5) is 0 Å². The minimum Gasteiger partial charge on any atom is -0.385 e. The molecule has 1 unspecified atom stereocenters. The van der Waals surface area contributed by atoms with E-state index in [1.165, 1.54) is 6.20 Å². The van der Waals surface area contributed by atoms with Gasteiger partial charge in [0, 0.05) is 6.20 Å². The third kappa shape index (κ3) is 2.52. The van der Waals surface area contributed by atoms with Crippen LogP contribution in [0.2, 0.25) is 0 Å². The summed E-state index contributed by atoms with van der Waals surface area (Å²) < 4.78 is 5.03. The van der Waals surface area contributed by atoms with Crippen LogP contribution < -0.4 is 0 Å². The molecular formula is C12H12N4O2. The normalized spacial score (nSPS) is 12.1. The Morgan fingerprint density at radius 2 is 2.33 bits per heavy atom. The number of hydrogen-bond donors (Lipinski definition) is 1. The lowest BCUT2D eigenvalue weighted by atomic mass is 10.2. The SMILES string of the molecule is CCCC(O)c1noc(-c2ccc(C#N)cn2)n1. The average Bonchev–Trinajstić information content (AvgIpc) is 2.89. The number of nitriles is 1. The predicted molar refractivity (Wildman–Crippen MR) is 62.1 cm³/mol. The van der Waals surface area contributed by atoms with E-state index in [-0.39, 0.29) is 11.7 Å². The molecule has 6 nitrogen and oxygen atoms in total. The zero-order valence-corrected chi connectivity index (χ0v) is 9.87. The molecule has 0 spiro atoms. The zero-order valence-electron chi connectivity index (χ0n) is 9.87. The number of aromatic nitrogens is 3. The van der Waals surface area contributed by atoms with Crippen LogP contribution in [0.25, 0.3) is 11.6 Å². The van der Waals surface area contributed by atoms with Crippen LogP contribution in [0, 0.1) is 11.3 Å². The Balaban J connectivity index is 2.21. The molecule has 0 radical (unpaired) electrons. The van der Waals surface area contributed by atoms with Gasteiger partial charge in [-0.25, -0.2) is 4.98 Å². The predicted octanol–water partition coefficient (Wildman–Crippen LogP) is 1.84. The van der Waals surface area contributed by atoms with Crippen molar-refractivity contribution in [3.8, 4) is 17.7 Å². The molecule has 92 valence electrons. The van der Waals surface area contributed by atoms with Crippen LogP contribution in [0.3, 0.4) is 0 Å². The van der Waals surface area contributed by atoms with Crippen molar-refractivity contribution < 1.29 is 9.63 Å². The van der Waals surface area contributed by atoms with E-state index in [0.717, 1.165) is 6.42 Å². The first-order chi connectivity index (χ1) is 8.74. The van der Waals surface area contributed by atoms with E-state index >= 15 is 0 Å². The molecule has 18 heavy (non-hydrogen) atoms. The molecule has 0 aliphatic carbocycles. The first kappa shape index (κ1) is 12.2. The van der Waals surface area contributed by atoms with E-state index in [9.17, 15) is 5.11 Å². The maximum Gasteiger partial charge on any atom is 0.276 e. The van der Waals surface area contributed by atoms with Crippen molar-refractivity contribution in [2.24, 2.45) is 0 Å². The van der Waals surface area contributed by atoms with Crippen LogP contribution in [-0.2, 0) is 0 Å². The smallest absolute Gasteiger partial charge is 0.276 e. The number of aliphatic hydroxyl groups is 1. The highest BCUT2D eigenvalue weighted by Crippen LogP contribution is 2.19. The first-order valence-corrected chi connectivity index (χ1v) is 5.62. The van der Waals surface area contributed by atoms with Gasteiger partial charge in [0.15, 0.2) is 0 Å². The van der Waals surface area contributed by atoms with Gasteiger partial charge in [-0.2, -0.15) is 10.2 Å². The Labute approximate surface area is 104 Å². The van der Waals surface area contributed by atoms with E-state index in [0.29, 0.717) is 17.7 Å². The molecule has 0 aliphatic heterocycles. The largest absolute Gasteiger partial charge is 0.385 e. The topological polar surface area (TPSA) is 95.8 Å². The van der Waals surface area contributed by atoms with Gasteiger partial charge < -0.3 is 9.63 Å². The van der Waals surface area contributed by atoms with E-state index in [2.05, 4.69) is 15.1 Å². The lowest BCUT2D eigenvalue weighted by molar-refractivity contribution is 0.153. The zero-order chi connectivity index (χ0) is 13.0. The third-order valence-corrected chi connectivity index (χ3v) is 2.41. The molecule has 1 atom stereocenters. The van der Waals surface area contributed by atoms with Gasteiger partial charge in [0.25, 0.3) is 5.89 Å². The minimum atomic E-state index is -0.717. The van der Waals surface area contributed by atoms with Crippen molar-refractivity contribution in [3.63, 3.8) is 0 Å². The standard InChI is InChI=1S/C12H12N4O2/c1-2-3-10(17)11-15-12(18-16-11)9-5-4-8(6-13)7-14-9/h4-5,7,10,17H,2-3H2,1H3. The van der Waals surface area contributed by atoms with Gasteiger partial charge >= 0.3 is 0 Å². The van der Waals surface area contributed by atoms with Crippen LogP contribution >= 0.6 is 0 Å². The first-order valence-electron chi connectivity index (χ1n) is 5.62. The highest BCUT2D eigenvalue weighted by Gasteiger charge is 2.16. The maximum absolute atomic E-state index is 9.71. The monoisotopic (exact) mass is 244 g/mol. The summed E-state index contributed by atoms with van der Waals surface area (Å²) in [7, 11) is 0. The van der Waals surface area contributed by atoms with E-state index in [1.807, 2.05) is 13.0 Å². The number of nitrogens with zero attached hydrogens (tertiary/aromatic N) is 4. The van der Waals surface area contributed by atoms with Crippen molar-refractivity contribution in [1.29, 1.82) is 5.26 Å². The number of hydrogen-bond acceptors (Lipinski definition) is 6. The molecule has 0 aromatic carbocycles. The summed E-state index contributed by atoms with van der Waals surface area (Å²) in [6.45, 7) is 1.96. The fraction of sp³-hybridized carbons (Fsp3) is 0.333. The summed E-state index contributed by atoms with van der Waals surface area (Å²) in [5.41, 5.74) is 0.945. The quantitative estimate of drug-likeness (QED) is 0.881. The molecule has 2 aromatic rings. The molecule has 2 rings (SSSR count). The van der Waals surface area contributed by atoms with Crippen molar-refractivity contribution in [1.82, 2.24) is 15.1 Å². The summed E-state index contributed by atoms with van der Waals surface area (Å²) in [6.07, 6.45) is 2.13. The van der Waals surface area contributed by atoms with Gasteiger partial charge in [-0.15, -0.1) is 0 Å². The molecule has 0 aliphatic rings. The van der Waals surface area contributed by atoms with Crippen molar-refractivity contribution in [2.75, 3.05) is 0 Å². The minimum absolute atomic E-state index is 0.240. The fourth-order valence-electron chi connectivity index (χ4n) is 1.46. The van der Waals surface area contributed by atoms with E-state index in [4.69, 9.17) is 9.78 Å². The Hall–Kier alpha value is -2.26. The molecule has 0 bridgehead atoms. The molecule has 6 heteroatoms. The fourth-order valence-corrected chi connectivity index (χ4v) is 1.46. The summed E-state index contributed by atoms with van der Waals surface area (Å²) in [5, 5.41) is 22.1. The van der Waals surface area contributed by atoms with Gasteiger partial charge in [-0.3, -0.25) is 0 Å². The lowest BCUT2D eigenvalue weighted by Crippen LogP contribution is -1.98. The van der Waals surface area contributed by atoms with E-state index < -0.39 is 6.10 Å². The number of rotatable bonds is 4. The summed E-state index contributed by atoms with van der Waals surface area (Å²) in [5.74, 6) is 0.502. The average molecular weight is 244 g/mol. The molecule has 0 amide bonds. The Bertz CT molecular complexity index is 556. The molecule has 0 saturated heterocycles. The van der Waals surface area contributed by atoms with Gasteiger partial charge in [0.1, 0.15) is 17.9 Å². The highest BCUT2D eigenvalue weighted by atomic mass is 16.5.